The fourth-order valence-electron chi connectivity index (χ4n) is 4.62. The first-order valence-corrected chi connectivity index (χ1v) is 9.97. The molecule has 0 radical (unpaired) electrons. The van der Waals surface area contributed by atoms with Crippen molar-refractivity contribution >= 4 is 17.2 Å². The maximum absolute atomic E-state index is 13.4. The van der Waals surface area contributed by atoms with Gasteiger partial charge in [0.05, 0.1) is 24.5 Å². The fourth-order valence-corrected chi connectivity index (χ4v) is 4.62. The highest BCUT2D eigenvalue weighted by molar-refractivity contribution is 6.01. The van der Waals surface area contributed by atoms with Crippen molar-refractivity contribution in [1.82, 2.24) is 0 Å². The third-order valence-corrected chi connectivity index (χ3v) is 5.78. The standard InChI is InChI=1S/C24H28N2O2/c1-5-26-19-12-8-7-11-17(19)25-18-14-24(2,3)15-20(27)22(18)23(26)16-10-6-9-13-21(16)28-4/h6-13,23,25H,5,14-15H2,1-4H3/t23-/m0/s1. The summed E-state index contributed by atoms with van der Waals surface area (Å²) in [6, 6.07) is 16.2. The van der Waals surface area contributed by atoms with E-state index in [1.807, 2.05) is 24.3 Å². The summed E-state index contributed by atoms with van der Waals surface area (Å²) >= 11 is 0. The molecule has 2 aliphatic rings. The molecule has 2 aromatic carbocycles. The summed E-state index contributed by atoms with van der Waals surface area (Å²) in [7, 11) is 1.69. The van der Waals surface area contributed by atoms with Crippen molar-refractivity contribution in [3.63, 3.8) is 0 Å². The van der Waals surface area contributed by atoms with Crippen LogP contribution in [0.5, 0.6) is 5.75 Å². The number of Topliss-reactive ketones (excluding diaryl/α,β-unsaturated/α-hetero) is 1. The number of rotatable bonds is 3. The van der Waals surface area contributed by atoms with Gasteiger partial charge in [0, 0.05) is 29.8 Å². The fraction of sp³-hybridized carbons (Fsp3) is 0.375. The van der Waals surface area contributed by atoms with Crippen LogP contribution in [0.1, 0.15) is 45.2 Å². The molecule has 0 unspecified atom stereocenters. The number of ketones is 1. The topological polar surface area (TPSA) is 41.6 Å². The summed E-state index contributed by atoms with van der Waals surface area (Å²) in [6.45, 7) is 7.27. The number of methoxy groups -OCH3 is 1. The second-order valence-electron chi connectivity index (χ2n) is 8.41. The largest absolute Gasteiger partial charge is 0.496 e. The molecule has 0 saturated heterocycles. The quantitative estimate of drug-likeness (QED) is 0.786. The molecule has 1 aliphatic heterocycles. The molecule has 4 rings (SSSR count). The van der Waals surface area contributed by atoms with Crippen LogP contribution in [0, 0.1) is 5.41 Å². The predicted molar refractivity (Wildman–Crippen MR) is 114 cm³/mol. The molecular formula is C24H28N2O2. The van der Waals surface area contributed by atoms with Gasteiger partial charge in [-0.2, -0.15) is 0 Å². The Balaban J connectivity index is 2.00. The number of anilines is 2. The zero-order chi connectivity index (χ0) is 19.9. The van der Waals surface area contributed by atoms with E-state index in [1.165, 1.54) is 0 Å². The summed E-state index contributed by atoms with van der Waals surface area (Å²) in [5.41, 5.74) is 5.07. The summed E-state index contributed by atoms with van der Waals surface area (Å²) in [5.74, 6) is 1.04. The van der Waals surface area contributed by atoms with Gasteiger partial charge in [-0.05, 0) is 37.0 Å². The van der Waals surface area contributed by atoms with Gasteiger partial charge in [-0.3, -0.25) is 4.79 Å². The molecule has 0 spiro atoms. The van der Waals surface area contributed by atoms with E-state index in [0.717, 1.165) is 46.9 Å². The maximum atomic E-state index is 13.4. The number of benzene rings is 2. The van der Waals surface area contributed by atoms with Gasteiger partial charge in [-0.25, -0.2) is 0 Å². The molecule has 0 aromatic heterocycles. The van der Waals surface area contributed by atoms with Crippen molar-refractivity contribution in [3.8, 4) is 5.75 Å². The average Bonchev–Trinajstić information content (AvgIpc) is 2.80. The minimum atomic E-state index is -0.170. The molecule has 4 heteroatoms. The summed E-state index contributed by atoms with van der Waals surface area (Å²) < 4.78 is 5.70. The Hall–Kier alpha value is -2.75. The Morgan fingerprint density at radius 3 is 2.57 bits per heavy atom. The van der Waals surface area contributed by atoms with E-state index in [2.05, 4.69) is 55.3 Å². The predicted octanol–water partition coefficient (Wildman–Crippen LogP) is 5.33. The van der Waals surface area contributed by atoms with Gasteiger partial charge >= 0.3 is 0 Å². The number of nitrogens with zero attached hydrogens (tertiary/aromatic N) is 1. The number of para-hydroxylation sites is 3. The minimum absolute atomic E-state index is 0.0510. The van der Waals surface area contributed by atoms with Gasteiger partial charge in [-0.1, -0.05) is 44.2 Å². The lowest BCUT2D eigenvalue weighted by Gasteiger charge is -2.38. The minimum Gasteiger partial charge on any atom is -0.496 e. The zero-order valence-corrected chi connectivity index (χ0v) is 17.1. The summed E-state index contributed by atoms with van der Waals surface area (Å²) in [5, 5.41) is 3.63. The van der Waals surface area contributed by atoms with E-state index in [0.29, 0.717) is 6.42 Å². The normalized spacial score (nSPS) is 20.8. The van der Waals surface area contributed by atoms with E-state index >= 15 is 0 Å². The van der Waals surface area contributed by atoms with Gasteiger partial charge in [0.1, 0.15) is 5.75 Å². The van der Waals surface area contributed by atoms with Crippen LogP contribution in [0.2, 0.25) is 0 Å². The maximum Gasteiger partial charge on any atom is 0.163 e. The molecule has 1 N–H and O–H groups in total. The number of allylic oxidation sites excluding steroid dienone is 1. The zero-order valence-electron chi connectivity index (χ0n) is 17.1. The molecule has 4 nitrogen and oxygen atoms in total. The van der Waals surface area contributed by atoms with Crippen LogP contribution >= 0.6 is 0 Å². The van der Waals surface area contributed by atoms with Gasteiger partial charge in [0.2, 0.25) is 0 Å². The van der Waals surface area contributed by atoms with E-state index in [1.54, 1.807) is 7.11 Å². The molecule has 1 atom stereocenters. The van der Waals surface area contributed by atoms with Crippen LogP contribution in [0.15, 0.2) is 59.8 Å². The molecule has 0 fully saturated rings. The number of ether oxygens (including phenoxy) is 1. The number of likely N-dealkylation sites (N-methyl/N-ethyl adjacent to an activating group) is 1. The average molecular weight is 377 g/mol. The van der Waals surface area contributed by atoms with Crippen LogP contribution in [0.25, 0.3) is 0 Å². The molecule has 0 amide bonds. The van der Waals surface area contributed by atoms with Crippen LogP contribution in [-0.4, -0.2) is 19.4 Å². The van der Waals surface area contributed by atoms with Crippen molar-refractivity contribution in [2.75, 3.05) is 23.9 Å². The number of carbonyl (C=O) groups excluding carboxylic acids is 1. The van der Waals surface area contributed by atoms with Crippen LogP contribution in [0.4, 0.5) is 11.4 Å². The molecule has 28 heavy (non-hydrogen) atoms. The molecule has 1 aliphatic carbocycles. The number of hydrogen-bond donors (Lipinski definition) is 1. The highest BCUT2D eigenvalue weighted by atomic mass is 16.5. The number of hydrogen-bond acceptors (Lipinski definition) is 4. The van der Waals surface area contributed by atoms with E-state index < -0.39 is 0 Å². The van der Waals surface area contributed by atoms with Crippen molar-refractivity contribution < 1.29 is 9.53 Å². The van der Waals surface area contributed by atoms with Gasteiger partial charge < -0.3 is 15.0 Å². The SMILES string of the molecule is CCN1c2ccccc2NC2=C(C(=O)CC(C)(C)C2)[C@@H]1c1ccccc1OC. The molecular weight excluding hydrogens is 348 g/mol. The summed E-state index contributed by atoms with van der Waals surface area (Å²) in [4.78, 5) is 15.7. The third kappa shape index (κ3) is 3.07. The van der Waals surface area contributed by atoms with E-state index in [-0.39, 0.29) is 17.2 Å². The van der Waals surface area contributed by atoms with Crippen LogP contribution in [-0.2, 0) is 4.79 Å². The van der Waals surface area contributed by atoms with Gasteiger partial charge in [0.25, 0.3) is 0 Å². The monoisotopic (exact) mass is 376 g/mol. The molecule has 2 aromatic rings. The van der Waals surface area contributed by atoms with Gasteiger partial charge in [-0.15, -0.1) is 0 Å². The highest BCUT2D eigenvalue weighted by Crippen LogP contribution is 2.49. The number of nitrogens with one attached hydrogen (secondary N) is 1. The number of fused-ring (bicyclic) bond motifs is 1. The Kier molecular flexibility index (Phi) is 4.66. The Morgan fingerprint density at radius 1 is 1.11 bits per heavy atom. The number of carbonyl (C=O) groups is 1. The second-order valence-corrected chi connectivity index (χ2v) is 8.41. The van der Waals surface area contributed by atoms with Crippen molar-refractivity contribution in [2.45, 2.75) is 39.7 Å². The molecule has 1 heterocycles. The lowest BCUT2D eigenvalue weighted by molar-refractivity contribution is -0.118. The third-order valence-electron chi connectivity index (χ3n) is 5.78. The Morgan fingerprint density at radius 2 is 1.82 bits per heavy atom. The first-order valence-electron chi connectivity index (χ1n) is 9.97. The first kappa shape index (κ1) is 18.6. The van der Waals surface area contributed by atoms with Crippen molar-refractivity contribution in [3.05, 3.63) is 65.4 Å². The molecule has 146 valence electrons. The van der Waals surface area contributed by atoms with Gasteiger partial charge in [0.15, 0.2) is 5.78 Å². The van der Waals surface area contributed by atoms with Crippen LogP contribution in [0.3, 0.4) is 0 Å². The van der Waals surface area contributed by atoms with E-state index in [9.17, 15) is 4.79 Å². The van der Waals surface area contributed by atoms with E-state index in [4.69, 9.17) is 4.74 Å². The Bertz CT molecular complexity index is 945. The molecule has 0 bridgehead atoms. The lowest BCUT2D eigenvalue weighted by Crippen LogP contribution is -2.36. The smallest absolute Gasteiger partial charge is 0.163 e. The highest BCUT2D eigenvalue weighted by Gasteiger charge is 2.41. The summed E-state index contributed by atoms with van der Waals surface area (Å²) in [6.07, 6.45) is 1.42. The molecule has 0 saturated carbocycles. The lowest BCUT2D eigenvalue weighted by atomic mass is 9.73. The van der Waals surface area contributed by atoms with Crippen molar-refractivity contribution in [2.24, 2.45) is 5.41 Å². The van der Waals surface area contributed by atoms with Crippen molar-refractivity contribution in [1.29, 1.82) is 0 Å². The van der Waals surface area contributed by atoms with Crippen LogP contribution < -0.4 is 15.0 Å². The second kappa shape index (κ2) is 7.01. The first-order chi connectivity index (χ1) is 13.4. The Labute approximate surface area is 167 Å².